The fraction of sp³-hybridized carbons (Fsp3) is 0.333. The van der Waals surface area contributed by atoms with Crippen molar-refractivity contribution in [3.8, 4) is 5.69 Å². The van der Waals surface area contributed by atoms with Crippen molar-refractivity contribution in [3.05, 3.63) is 47.0 Å². The molecule has 0 saturated heterocycles. The number of rotatable bonds is 3. The van der Waals surface area contributed by atoms with Gasteiger partial charge in [-0.15, -0.1) is 0 Å². The van der Waals surface area contributed by atoms with Gasteiger partial charge in [-0.25, -0.2) is 4.98 Å². The van der Waals surface area contributed by atoms with E-state index in [1.54, 1.807) is 6.33 Å². The summed E-state index contributed by atoms with van der Waals surface area (Å²) in [5.41, 5.74) is 1.28. The first-order valence-electron chi connectivity index (χ1n) is 6.54. The summed E-state index contributed by atoms with van der Waals surface area (Å²) in [4.78, 5) is 16.5. The molecule has 0 aliphatic heterocycles. The van der Waals surface area contributed by atoms with Crippen LogP contribution in [0.5, 0.6) is 0 Å². The first-order chi connectivity index (χ1) is 9.65. The first kappa shape index (κ1) is 13.4. The molecule has 0 amide bonds. The molecule has 5 heteroatoms. The van der Waals surface area contributed by atoms with Crippen LogP contribution in [-0.2, 0) is 14.9 Å². The molecule has 0 N–H and O–H groups in total. The molecule has 1 saturated carbocycles. The third-order valence-corrected chi connectivity index (χ3v) is 4.46. The molecule has 20 heavy (non-hydrogen) atoms. The Hall–Kier alpha value is -1.62. The van der Waals surface area contributed by atoms with Crippen LogP contribution in [0.3, 0.4) is 0 Å². The van der Waals surface area contributed by atoms with Gasteiger partial charge < -0.3 is 9.30 Å². The summed E-state index contributed by atoms with van der Waals surface area (Å²) in [6, 6.07) is 7.96. The molecule has 1 aromatic heterocycles. The second-order valence-corrected chi connectivity index (χ2v) is 5.99. The van der Waals surface area contributed by atoms with Gasteiger partial charge in [-0.2, -0.15) is 0 Å². The van der Waals surface area contributed by atoms with E-state index in [9.17, 15) is 4.79 Å². The van der Waals surface area contributed by atoms with Crippen LogP contribution in [0.2, 0.25) is 0 Å². The number of nitrogens with zero attached hydrogens (tertiary/aromatic N) is 2. The average molecular weight is 335 g/mol. The number of aromatic nitrogens is 2. The maximum atomic E-state index is 12.0. The zero-order valence-electron chi connectivity index (χ0n) is 11.2. The van der Waals surface area contributed by atoms with Gasteiger partial charge in [0.25, 0.3) is 0 Å². The number of benzene rings is 1. The van der Waals surface area contributed by atoms with Crippen molar-refractivity contribution in [1.29, 1.82) is 0 Å². The summed E-state index contributed by atoms with van der Waals surface area (Å²) in [7, 11) is 1.44. The molecule has 0 bridgehead atoms. The fourth-order valence-corrected chi connectivity index (χ4v) is 3.03. The molecular weight excluding hydrogens is 320 g/mol. The van der Waals surface area contributed by atoms with Gasteiger partial charge in [0.15, 0.2) is 0 Å². The normalized spacial score (nSPS) is 16.5. The minimum Gasteiger partial charge on any atom is -0.468 e. The molecule has 1 fully saturated rings. The van der Waals surface area contributed by atoms with Crippen LogP contribution >= 0.6 is 15.9 Å². The van der Waals surface area contributed by atoms with Crippen molar-refractivity contribution in [3.63, 3.8) is 0 Å². The van der Waals surface area contributed by atoms with Crippen molar-refractivity contribution in [2.75, 3.05) is 7.11 Å². The Morgan fingerprint density at radius 3 is 2.85 bits per heavy atom. The van der Waals surface area contributed by atoms with E-state index in [1.807, 2.05) is 35.0 Å². The number of ether oxygens (including phenoxy) is 1. The van der Waals surface area contributed by atoms with Gasteiger partial charge in [0, 0.05) is 16.4 Å². The molecule has 1 aliphatic rings. The number of halogens is 1. The highest BCUT2D eigenvalue weighted by molar-refractivity contribution is 9.10. The van der Waals surface area contributed by atoms with Gasteiger partial charge in [-0.1, -0.05) is 28.4 Å². The highest BCUT2D eigenvalue weighted by atomic mass is 79.9. The number of methoxy groups -OCH3 is 1. The van der Waals surface area contributed by atoms with Gasteiger partial charge in [0.05, 0.1) is 19.1 Å². The summed E-state index contributed by atoms with van der Waals surface area (Å²) >= 11 is 3.46. The standard InChI is InChI=1S/C15H15BrN2O2/c1-20-14(19)15(6-3-7-15)13-9-18(10-17-13)12-5-2-4-11(16)8-12/h2,4-5,8-10H,3,6-7H2,1H3. The van der Waals surface area contributed by atoms with Crippen molar-refractivity contribution >= 4 is 21.9 Å². The number of esters is 1. The third-order valence-electron chi connectivity index (χ3n) is 3.96. The lowest BCUT2D eigenvalue weighted by Gasteiger charge is -2.37. The Kier molecular flexibility index (Phi) is 3.38. The zero-order chi connectivity index (χ0) is 14.2. The predicted molar refractivity (Wildman–Crippen MR) is 78.8 cm³/mol. The molecule has 2 aromatic rings. The molecule has 3 rings (SSSR count). The molecule has 104 valence electrons. The fourth-order valence-electron chi connectivity index (χ4n) is 2.64. The molecule has 1 aromatic carbocycles. The van der Waals surface area contributed by atoms with Crippen LogP contribution in [0.15, 0.2) is 41.3 Å². The second-order valence-electron chi connectivity index (χ2n) is 5.07. The van der Waals surface area contributed by atoms with E-state index in [-0.39, 0.29) is 5.97 Å². The average Bonchev–Trinajstić information content (AvgIpc) is 2.87. The van der Waals surface area contributed by atoms with E-state index in [2.05, 4.69) is 20.9 Å². The van der Waals surface area contributed by atoms with E-state index in [0.29, 0.717) is 0 Å². The minimum atomic E-state index is -0.536. The number of carbonyl (C=O) groups is 1. The maximum Gasteiger partial charge on any atom is 0.317 e. The van der Waals surface area contributed by atoms with Gasteiger partial charge in [-0.05, 0) is 31.0 Å². The zero-order valence-corrected chi connectivity index (χ0v) is 12.8. The summed E-state index contributed by atoms with van der Waals surface area (Å²) in [6.45, 7) is 0. The molecule has 1 heterocycles. The summed E-state index contributed by atoms with van der Waals surface area (Å²) < 4.78 is 7.89. The van der Waals surface area contributed by atoms with Crippen LogP contribution in [0, 0.1) is 0 Å². The lowest BCUT2D eigenvalue weighted by atomic mass is 9.67. The van der Waals surface area contributed by atoms with Crippen LogP contribution in [0.25, 0.3) is 5.69 Å². The van der Waals surface area contributed by atoms with E-state index >= 15 is 0 Å². The van der Waals surface area contributed by atoms with Crippen molar-refractivity contribution < 1.29 is 9.53 Å². The number of hydrogen-bond acceptors (Lipinski definition) is 3. The SMILES string of the molecule is COC(=O)C1(c2cn(-c3cccc(Br)c3)cn2)CCC1. The van der Waals surface area contributed by atoms with Gasteiger partial charge in [0.1, 0.15) is 5.41 Å². The van der Waals surface area contributed by atoms with Crippen LogP contribution in [-0.4, -0.2) is 22.6 Å². The van der Waals surface area contributed by atoms with E-state index < -0.39 is 5.41 Å². The maximum absolute atomic E-state index is 12.0. The Balaban J connectivity index is 1.96. The lowest BCUT2D eigenvalue weighted by molar-refractivity contribution is -0.151. The third kappa shape index (κ3) is 2.06. The first-order valence-corrected chi connectivity index (χ1v) is 7.34. The highest BCUT2D eigenvalue weighted by Crippen LogP contribution is 2.44. The molecular formula is C15H15BrN2O2. The smallest absolute Gasteiger partial charge is 0.317 e. The minimum absolute atomic E-state index is 0.178. The Labute approximate surface area is 125 Å². The Morgan fingerprint density at radius 1 is 1.45 bits per heavy atom. The largest absolute Gasteiger partial charge is 0.468 e. The second kappa shape index (κ2) is 5.05. The molecule has 1 aliphatic carbocycles. The Bertz CT molecular complexity index is 647. The van der Waals surface area contributed by atoms with Crippen LogP contribution in [0.1, 0.15) is 25.0 Å². The summed E-state index contributed by atoms with van der Waals surface area (Å²) in [5, 5.41) is 0. The van der Waals surface area contributed by atoms with E-state index in [0.717, 1.165) is 35.1 Å². The van der Waals surface area contributed by atoms with Crippen molar-refractivity contribution in [1.82, 2.24) is 9.55 Å². The summed E-state index contributed by atoms with van der Waals surface area (Å²) in [5.74, 6) is -0.178. The molecule has 0 atom stereocenters. The van der Waals surface area contributed by atoms with E-state index in [4.69, 9.17) is 4.74 Å². The van der Waals surface area contributed by atoms with Crippen LogP contribution < -0.4 is 0 Å². The molecule has 0 unspecified atom stereocenters. The predicted octanol–water partition coefficient (Wildman–Crippen LogP) is 3.23. The van der Waals surface area contributed by atoms with Crippen LogP contribution in [0.4, 0.5) is 0 Å². The number of hydrogen-bond donors (Lipinski definition) is 0. The summed E-state index contributed by atoms with van der Waals surface area (Å²) in [6.07, 6.45) is 6.35. The van der Waals surface area contributed by atoms with Gasteiger partial charge >= 0.3 is 5.97 Å². The molecule has 0 spiro atoms. The number of imidazole rings is 1. The highest BCUT2D eigenvalue weighted by Gasteiger charge is 2.48. The van der Waals surface area contributed by atoms with Gasteiger partial charge in [-0.3, -0.25) is 4.79 Å². The topological polar surface area (TPSA) is 44.1 Å². The van der Waals surface area contributed by atoms with Gasteiger partial charge in [0.2, 0.25) is 0 Å². The quantitative estimate of drug-likeness (QED) is 0.809. The van der Waals surface area contributed by atoms with Crippen molar-refractivity contribution in [2.45, 2.75) is 24.7 Å². The molecule has 0 radical (unpaired) electrons. The monoisotopic (exact) mass is 334 g/mol. The van der Waals surface area contributed by atoms with Crippen molar-refractivity contribution in [2.24, 2.45) is 0 Å². The van der Waals surface area contributed by atoms with E-state index in [1.165, 1.54) is 7.11 Å². The number of carbonyl (C=O) groups excluding carboxylic acids is 1. The lowest BCUT2D eigenvalue weighted by Crippen LogP contribution is -2.43. The molecule has 4 nitrogen and oxygen atoms in total. The Morgan fingerprint density at radius 2 is 2.25 bits per heavy atom.